The Balaban J connectivity index is 1.85. The van der Waals surface area contributed by atoms with Crippen molar-refractivity contribution in [2.24, 2.45) is 5.92 Å². The third-order valence-electron chi connectivity index (χ3n) is 3.55. The molecule has 106 valence electrons. The molecule has 2 rings (SSSR count). The quantitative estimate of drug-likeness (QED) is 0.869. The maximum atomic E-state index is 5.60. The van der Waals surface area contributed by atoms with E-state index in [2.05, 4.69) is 64.4 Å². The molecular weight excluding hydrogens is 304 g/mol. The highest BCUT2D eigenvalue weighted by Crippen LogP contribution is 2.17. The molecule has 0 radical (unpaired) electrons. The molecule has 19 heavy (non-hydrogen) atoms. The number of ether oxygens (including phenoxy) is 1. The molecule has 0 amide bonds. The first kappa shape index (κ1) is 15.0. The van der Waals surface area contributed by atoms with E-state index in [0.717, 1.165) is 37.3 Å². The van der Waals surface area contributed by atoms with Crippen LogP contribution in [-0.4, -0.2) is 44.3 Å². The summed E-state index contributed by atoms with van der Waals surface area (Å²) in [5, 5.41) is 3.51. The van der Waals surface area contributed by atoms with E-state index >= 15 is 0 Å². The van der Waals surface area contributed by atoms with Crippen LogP contribution in [0.3, 0.4) is 0 Å². The summed E-state index contributed by atoms with van der Waals surface area (Å²) in [7, 11) is 2.18. The number of hydrogen-bond acceptors (Lipinski definition) is 3. The second kappa shape index (κ2) is 7.39. The lowest BCUT2D eigenvalue weighted by molar-refractivity contribution is 0.172. The lowest BCUT2D eigenvalue weighted by Crippen LogP contribution is -2.40. The summed E-state index contributed by atoms with van der Waals surface area (Å²) in [6.07, 6.45) is 0. The van der Waals surface area contributed by atoms with Gasteiger partial charge in [0, 0.05) is 29.5 Å². The highest BCUT2D eigenvalue weighted by molar-refractivity contribution is 9.10. The Morgan fingerprint density at radius 2 is 2.26 bits per heavy atom. The molecule has 2 atom stereocenters. The number of benzene rings is 1. The van der Waals surface area contributed by atoms with Crippen molar-refractivity contribution in [3.05, 3.63) is 34.3 Å². The van der Waals surface area contributed by atoms with Gasteiger partial charge in [0.1, 0.15) is 0 Å². The highest BCUT2D eigenvalue weighted by atomic mass is 79.9. The van der Waals surface area contributed by atoms with Gasteiger partial charge in [-0.3, -0.25) is 0 Å². The van der Waals surface area contributed by atoms with Crippen molar-refractivity contribution in [2.45, 2.75) is 19.5 Å². The van der Waals surface area contributed by atoms with Gasteiger partial charge < -0.3 is 15.0 Å². The van der Waals surface area contributed by atoms with Gasteiger partial charge in [0.05, 0.1) is 13.2 Å². The Labute approximate surface area is 124 Å². The molecule has 0 bridgehead atoms. The number of likely N-dealkylation sites (N-methyl/N-ethyl adjacent to an activating group) is 1. The monoisotopic (exact) mass is 326 g/mol. The number of rotatable bonds is 6. The van der Waals surface area contributed by atoms with Crippen LogP contribution in [0.1, 0.15) is 12.5 Å². The summed E-state index contributed by atoms with van der Waals surface area (Å²) in [4.78, 5) is 2.38. The molecule has 1 saturated heterocycles. The van der Waals surface area contributed by atoms with Crippen molar-refractivity contribution < 1.29 is 4.74 Å². The lowest BCUT2D eigenvalue weighted by atomic mass is 10.0. The van der Waals surface area contributed by atoms with Gasteiger partial charge in [-0.25, -0.2) is 0 Å². The van der Waals surface area contributed by atoms with Gasteiger partial charge in [-0.15, -0.1) is 0 Å². The maximum absolute atomic E-state index is 5.60. The van der Waals surface area contributed by atoms with Crippen LogP contribution >= 0.6 is 15.9 Å². The van der Waals surface area contributed by atoms with E-state index < -0.39 is 0 Å². The Morgan fingerprint density at radius 1 is 1.42 bits per heavy atom. The van der Waals surface area contributed by atoms with E-state index in [0.29, 0.717) is 12.0 Å². The first-order chi connectivity index (χ1) is 9.19. The highest BCUT2D eigenvalue weighted by Gasteiger charge is 2.28. The summed E-state index contributed by atoms with van der Waals surface area (Å²) >= 11 is 3.52. The van der Waals surface area contributed by atoms with E-state index in [1.165, 1.54) is 5.56 Å². The molecule has 1 N–H and O–H groups in total. The largest absolute Gasteiger partial charge is 0.379 e. The third-order valence-corrected chi connectivity index (χ3v) is 4.05. The fourth-order valence-electron chi connectivity index (χ4n) is 2.68. The van der Waals surface area contributed by atoms with Crippen molar-refractivity contribution in [1.29, 1.82) is 0 Å². The minimum atomic E-state index is 0.509. The Morgan fingerprint density at radius 3 is 3.00 bits per heavy atom. The molecule has 0 spiro atoms. The average molecular weight is 327 g/mol. The lowest BCUT2D eigenvalue weighted by Gasteiger charge is -2.24. The van der Waals surface area contributed by atoms with E-state index in [4.69, 9.17) is 4.74 Å². The van der Waals surface area contributed by atoms with Crippen molar-refractivity contribution in [2.75, 3.05) is 33.4 Å². The molecular formula is C15H23BrN2O. The van der Waals surface area contributed by atoms with Crippen LogP contribution in [-0.2, 0) is 11.3 Å². The molecule has 1 aromatic carbocycles. The van der Waals surface area contributed by atoms with Crippen LogP contribution < -0.4 is 5.32 Å². The van der Waals surface area contributed by atoms with Crippen molar-refractivity contribution >= 4 is 15.9 Å². The molecule has 0 saturated carbocycles. The van der Waals surface area contributed by atoms with Crippen LogP contribution in [0.2, 0.25) is 0 Å². The summed E-state index contributed by atoms with van der Waals surface area (Å²) in [5.74, 6) is 0.595. The minimum Gasteiger partial charge on any atom is -0.379 e. The van der Waals surface area contributed by atoms with Crippen molar-refractivity contribution in [3.63, 3.8) is 0 Å². The van der Waals surface area contributed by atoms with E-state index in [9.17, 15) is 0 Å². The number of halogens is 1. The van der Waals surface area contributed by atoms with Crippen LogP contribution in [0, 0.1) is 5.92 Å². The second-order valence-electron chi connectivity index (χ2n) is 5.29. The SMILES string of the molecule is CCNC1COCC1CN(C)Cc1cccc(Br)c1. The zero-order chi connectivity index (χ0) is 13.7. The molecule has 4 heteroatoms. The predicted molar refractivity (Wildman–Crippen MR) is 82.2 cm³/mol. The van der Waals surface area contributed by atoms with Crippen LogP contribution in [0.15, 0.2) is 28.7 Å². The third kappa shape index (κ3) is 4.56. The summed E-state index contributed by atoms with van der Waals surface area (Å²) in [6, 6.07) is 9.02. The van der Waals surface area contributed by atoms with Crippen molar-refractivity contribution in [1.82, 2.24) is 10.2 Å². The average Bonchev–Trinajstić information content (AvgIpc) is 2.77. The number of nitrogens with one attached hydrogen (secondary N) is 1. The van der Waals surface area contributed by atoms with Gasteiger partial charge >= 0.3 is 0 Å². The van der Waals surface area contributed by atoms with Gasteiger partial charge in [-0.1, -0.05) is 35.0 Å². The molecule has 0 aromatic heterocycles. The first-order valence-electron chi connectivity index (χ1n) is 6.93. The van der Waals surface area contributed by atoms with E-state index in [1.807, 2.05) is 0 Å². The molecule has 0 aliphatic carbocycles. The Hall–Kier alpha value is -0.420. The standard InChI is InChI=1S/C15H23BrN2O/c1-3-17-15-11-19-10-13(15)9-18(2)8-12-5-4-6-14(16)7-12/h4-7,13,15,17H,3,8-11H2,1-2H3. The summed E-state index contributed by atoms with van der Waals surface area (Å²) in [5.41, 5.74) is 1.34. The fourth-order valence-corrected chi connectivity index (χ4v) is 3.12. The van der Waals surface area contributed by atoms with Crippen LogP contribution in [0.5, 0.6) is 0 Å². The Kier molecular flexibility index (Phi) is 5.82. The molecule has 1 aliphatic rings. The molecule has 1 fully saturated rings. The van der Waals surface area contributed by atoms with Gasteiger partial charge in [0.15, 0.2) is 0 Å². The molecule has 2 unspecified atom stereocenters. The van der Waals surface area contributed by atoms with Crippen LogP contribution in [0.25, 0.3) is 0 Å². The predicted octanol–water partition coefficient (Wildman–Crippen LogP) is 2.51. The van der Waals surface area contributed by atoms with Gasteiger partial charge in [-0.2, -0.15) is 0 Å². The molecule has 1 aromatic rings. The zero-order valence-corrected chi connectivity index (χ0v) is 13.3. The van der Waals surface area contributed by atoms with Crippen molar-refractivity contribution in [3.8, 4) is 0 Å². The molecule has 3 nitrogen and oxygen atoms in total. The fraction of sp³-hybridized carbons (Fsp3) is 0.600. The number of hydrogen-bond donors (Lipinski definition) is 1. The van der Waals surface area contributed by atoms with E-state index in [1.54, 1.807) is 0 Å². The zero-order valence-electron chi connectivity index (χ0n) is 11.7. The van der Waals surface area contributed by atoms with Gasteiger partial charge in [0.2, 0.25) is 0 Å². The van der Waals surface area contributed by atoms with Gasteiger partial charge in [-0.05, 0) is 31.3 Å². The van der Waals surface area contributed by atoms with E-state index in [-0.39, 0.29) is 0 Å². The summed E-state index contributed by atoms with van der Waals surface area (Å²) in [6.45, 7) is 6.95. The second-order valence-corrected chi connectivity index (χ2v) is 6.20. The van der Waals surface area contributed by atoms with Crippen LogP contribution in [0.4, 0.5) is 0 Å². The molecule has 1 aliphatic heterocycles. The number of nitrogens with zero attached hydrogens (tertiary/aromatic N) is 1. The minimum absolute atomic E-state index is 0.509. The normalized spacial score (nSPS) is 23.2. The van der Waals surface area contributed by atoms with Gasteiger partial charge in [0.25, 0.3) is 0 Å². The Bertz CT molecular complexity index is 399. The summed E-state index contributed by atoms with van der Waals surface area (Å²) < 4.78 is 6.74. The topological polar surface area (TPSA) is 24.5 Å². The first-order valence-corrected chi connectivity index (χ1v) is 7.72. The maximum Gasteiger partial charge on any atom is 0.0623 e. The molecule has 1 heterocycles. The smallest absolute Gasteiger partial charge is 0.0623 e.